The number of sulfonamides is 1. The molecular weight excluding hydrogens is 312 g/mol. The minimum atomic E-state index is -3.53. The average Bonchev–Trinajstić information content (AvgIpc) is 2.87. The van der Waals surface area contributed by atoms with E-state index in [-0.39, 0.29) is 12.0 Å². The maximum atomic E-state index is 11.9. The molecule has 7 heteroatoms. The van der Waals surface area contributed by atoms with Crippen LogP contribution in [0, 0.1) is 0 Å². The number of benzene rings is 1. The van der Waals surface area contributed by atoms with Crippen molar-refractivity contribution in [3.63, 3.8) is 0 Å². The summed E-state index contributed by atoms with van der Waals surface area (Å²) in [4.78, 5) is 11.9. The van der Waals surface area contributed by atoms with E-state index in [9.17, 15) is 13.2 Å². The Hall–Kier alpha value is -1.11. The molecule has 0 bridgehead atoms. The number of nitrogens with one attached hydrogen (secondary N) is 2. The largest absolute Gasteiger partial charge is 0.352 e. The van der Waals surface area contributed by atoms with Crippen LogP contribution in [0.3, 0.4) is 0 Å². The predicted octanol–water partition coefficient (Wildman–Crippen LogP) is 1.64. The smallest absolute Gasteiger partial charge is 0.236 e. The van der Waals surface area contributed by atoms with Crippen LogP contribution in [-0.2, 0) is 14.8 Å². The van der Waals surface area contributed by atoms with E-state index in [1.165, 1.54) is 7.05 Å². The quantitative estimate of drug-likeness (QED) is 0.861. The molecule has 0 aliphatic heterocycles. The minimum absolute atomic E-state index is 0.0225. The van der Waals surface area contributed by atoms with Crippen LogP contribution >= 0.6 is 11.6 Å². The van der Waals surface area contributed by atoms with Gasteiger partial charge < -0.3 is 5.32 Å². The van der Waals surface area contributed by atoms with Gasteiger partial charge in [0.15, 0.2) is 0 Å². The third kappa shape index (κ3) is 4.43. The van der Waals surface area contributed by atoms with Gasteiger partial charge in [0, 0.05) is 17.0 Å². The van der Waals surface area contributed by atoms with Crippen molar-refractivity contribution in [2.75, 3.05) is 12.8 Å². The SMILES string of the molecule is CNS(=O)(=O)CC(=O)NC1CCCC1c1ccc(Cl)cc1. The third-order valence-corrected chi connectivity index (χ3v) is 5.31. The van der Waals surface area contributed by atoms with Crippen LogP contribution in [0.5, 0.6) is 0 Å². The zero-order valence-electron chi connectivity index (χ0n) is 11.8. The average molecular weight is 331 g/mol. The molecule has 0 spiro atoms. The Morgan fingerprint density at radius 1 is 1.29 bits per heavy atom. The molecule has 116 valence electrons. The van der Waals surface area contributed by atoms with Gasteiger partial charge in [-0.25, -0.2) is 13.1 Å². The van der Waals surface area contributed by atoms with Gasteiger partial charge in [0.2, 0.25) is 15.9 Å². The van der Waals surface area contributed by atoms with Gasteiger partial charge in [-0.1, -0.05) is 30.2 Å². The Morgan fingerprint density at radius 2 is 1.95 bits per heavy atom. The number of carbonyl (C=O) groups excluding carboxylic acids is 1. The molecule has 1 aliphatic rings. The van der Waals surface area contributed by atoms with Gasteiger partial charge in [0.05, 0.1) is 0 Å². The molecule has 2 rings (SSSR count). The van der Waals surface area contributed by atoms with E-state index >= 15 is 0 Å². The van der Waals surface area contributed by atoms with Crippen molar-refractivity contribution >= 4 is 27.5 Å². The predicted molar refractivity (Wildman–Crippen MR) is 82.8 cm³/mol. The fourth-order valence-corrected chi connectivity index (χ4v) is 3.43. The summed E-state index contributed by atoms with van der Waals surface area (Å²) in [6.45, 7) is 0. The molecular formula is C14H19ClN2O3S. The molecule has 2 atom stereocenters. The molecule has 0 aromatic heterocycles. The van der Waals surface area contributed by atoms with E-state index in [1.54, 1.807) is 0 Å². The first-order valence-electron chi connectivity index (χ1n) is 6.87. The number of halogens is 1. The molecule has 5 nitrogen and oxygen atoms in total. The molecule has 0 heterocycles. The Balaban J connectivity index is 2.02. The fraction of sp³-hybridized carbons (Fsp3) is 0.500. The molecule has 0 saturated heterocycles. The van der Waals surface area contributed by atoms with Crippen molar-refractivity contribution in [1.82, 2.24) is 10.0 Å². The topological polar surface area (TPSA) is 75.3 Å². The molecule has 1 amide bonds. The lowest BCUT2D eigenvalue weighted by Crippen LogP contribution is -2.41. The fourth-order valence-electron chi connectivity index (χ4n) is 2.73. The zero-order chi connectivity index (χ0) is 15.5. The number of hydrogen-bond acceptors (Lipinski definition) is 3. The highest BCUT2D eigenvalue weighted by Gasteiger charge is 2.30. The first-order valence-corrected chi connectivity index (χ1v) is 8.90. The molecule has 1 aliphatic carbocycles. The highest BCUT2D eigenvalue weighted by atomic mass is 35.5. The maximum Gasteiger partial charge on any atom is 0.236 e. The van der Waals surface area contributed by atoms with E-state index in [4.69, 9.17) is 11.6 Å². The normalized spacial score (nSPS) is 22.2. The summed E-state index contributed by atoms with van der Waals surface area (Å²) < 4.78 is 24.9. The van der Waals surface area contributed by atoms with Crippen molar-refractivity contribution in [3.05, 3.63) is 34.9 Å². The lowest BCUT2D eigenvalue weighted by molar-refractivity contribution is -0.119. The van der Waals surface area contributed by atoms with Gasteiger partial charge in [0.1, 0.15) is 5.75 Å². The van der Waals surface area contributed by atoms with E-state index in [0.29, 0.717) is 5.02 Å². The Kier molecular flexibility index (Phi) is 5.24. The van der Waals surface area contributed by atoms with Gasteiger partial charge in [-0.15, -0.1) is 0 Å². The van der Waals surface area contributed by atoms with Gasteiger partial charge in [0.25, 0.3) is 0 Å². The molecule has 1 saturated carbocycles. The van der Waals surface area contributed by atoms with Crippen LogP contribution in [0.2, 0.25) is 5.02 Å². The van der Waals surface area contributed by atoms with E-state index in [1.807, 2.05) is 24.3 Å². The highest BCUT2D eigenvalue weighted by molar-refractivity contribution is 7.90. The molecule has 2 N–H and O–H groups in total. The summed E-state index contributed by atoms with van der Waals surface area (Å²) in [5.41, 5.74) is 1.12. The molecule has 1 aromatic carbocycles. The lowest BCUT2D eigenvalue weighted by Gasteiger charge is -2.21. The van der Waals surface area contributed by atoms with Crippen molar-refractivity contribution in [2.24, 2.45) is 0 Å². The van der Waals surface area contributed by atoms with E-state index < -0.39 is 21.7 Å². The molecule has 0 radical (unpaired) electrons. The summed E-state index contributed by atoms with van der Waals surface area (Å²) >= 11 is 5.88. The number of carbonyl (C=O) groups is 1. The molecule has 21 heavy (non-hydrogen) atoms. The first kappa shape index (κ1) is 16.3. The van der Waals surface area contributed by atoms with Crippen molar-refractivity contribution in [3.8, 4) is 0 Å². The third-order valence-electron chi connectivity index (χ3n) is 3.79. The molecule has 1 aromatic rings. The van der Waals surface area contributed by atoms with Crippen molar-refractivity contribution < 1.29 is 13.2 Å². The van der Waals surface area contributed by atoms with Crippen LogP contribution in [0.25, 0.3) is 0 Å². The summed E-state index contributed by atoms with van der Waals surface area (Å²) in [7, 11) is -2.23. The Bertz CT molecular complexity index is 601. The maximum absolute atomic E-state index is 11.9. The summed E-state index contributed by atoms with van der Waals surface area (Å²) in [6, 6.07) is 7.56. The second kappa shape index (κ2) is 6.77. The number of amides is 1. The first-order chi connectivity index (χ1) is 9.91. The molecule has 2 unspecified atom stereocenters. The van der Waals surface area contributed by atoms with E-state index in [2.05, 4.69) is 10.0 Å². The van der Waals surface area contributed by atoms with Crippen LogP contribution in [-0.4, -0.2) is 33.2 Å². The van der Waals surface area contributed by atoms with Gasteiger partial charge in [-0.3, -0.25) is 4.79 Å². The van der Waals surface area contributed by atoms with Crippen molar-refractivity contribution in [1.29, 1.82) is 0 Å². The van der Waals surface area contributed by atoms with Crippen LogP contribution < -0.4 is 10.0 Å². The summed E-state index contributed by atoms with van der Waals surface area (Å²) in [6.07, 6.45) is 2.85. The second-order valence-corrected chi connectivity index (χ2v) is 7.59. The van der Waals surface area contributed by atoms with Crippen LogP contribution in [0.1, 0.15) is 30.7 Å². The summed E-state index contributed by atoms with van der Waals surface area (Å²) in [5.74, 6) is -0.786. The van der Waals surface area contributed by atoms with Crippen LogP contribution in [0.4, 0.5) is 0 Å². The Labute approximate surface area is 130 Å². The number of hydrogen-bond donors (Lipinski definition) is 2. The Morgan fingerprint density at radius 3 is 2.57 bits per heavy atom. The monoisotopic (exact) mass is 330 g/mol. The van der Waals surface area contributed by atoms with Crippen LogP contribution in [0.15, 0.2) is 24.3 Å². The standard InChI is InChI=1S/C14H19ClN2O3S/c1-16-21(19,20)9-14(18)17-13-4-2-3-12(13)10-5-7-11(15)8-6-10/h5-8,12-13,16H,2-4,9H2,1H3,(H,17,18). The second-order valence-electron chi connectivity index (χ2n) is 5.23. The van der Waals surface area contributed by atoms with Gasteiger partial charge in [-0.2, -0.15) is 0 Å². The minimum Gasteiger partial charge on any atom is -0.352 e. The molecule has 1 fully saturated rings. The zero-order valence-corrected chi connectivity index (χ0v) is 13.4. The number of rotatable bonds is 5. The van der Waals surface area contributed by atoms with Gasteiger partial charge in [-0.05, 0) is 37.6 Å². The summed E-state index contributed by atoms with van der Waals surface area (Å²) in [5, 5.41) is 3.52. The highest BCUT2D eigenvalue weighted by Crippen LogP contribution is 2.35. The lowest BCUT2D eigenvalue weighted by atomic mass is 9.94. The van der Waals surface area contributed by atoms with E-state index in [0.717, 1.165) is 24.8 Å². The van der Waals surface area contributed by atoms with Crippen molar-refractivity contribution in [2.45, 2.75) is 31.2 Å². The van der Waals surface area contributed by atoms with Gasteiger partial charge >= 0.3 is 0 Å².